The summed E-state index contributed by atoms with van der Waals surface area (Å²) in [5, 5.41) is 22.7. The van der Waals surface area contributed by atoms with Crippen molar-refractivity contribution in [3.63, 3.8) is 0 Å². The summed E-state index contributed by atoms with van der Waals surface area (Å²) < 4.78 is 4.69. The first kappa shape index (κ1) is 18.1. The molecule has 10 heteroatoms. The Balaban J connectivity index is 1.41. The summed E-state index contributed by atoms with van der Waals surface area (Å²) in [6.07, 6.45) is 3.68. The molecule has 0 spiro atoms. The molecule has 4 rings (SSSR count). The zero-order valence-corrected chi connectivity index (χ0v) is 17.5. The molecule has 0 radical (unpaired) electrons. The van der Waals surface area contributed by atoms with Crippen molar-refractivity contribution in [1.29, 1.82) is 0 Å². The monoisotopic (exact) mass is 463 g/mol. The van der Waals surface area contributed by atoms with Gasteiger partial charge in [-0.1, -0.05) is 41.1 Å². The van der Waals surface area contributed by atoms with Crippen LogP contribution in [-0.4, -0.2) is 29.8 Å². The average Bonchev–Trinajstić information content (AvgIpc) is 3.36. The van der Waals surface area contributed by atoms with Crippen LogP contribution in [0.3, 0.4) is 0 Å². The van der Waals surface area contributed by atoms with Crippen LogP contribution in [0.4, 0.5) is 10.9 Å². The fraction of sp³-hybridized carbons (Fsp3) is 0.176. The number of benzene rings is 1. The van der Waals surface area contributed by atoms with Crippen molar-refractivity contribution in [3.05, 3.63) is 68.5 Å². The van der Waals surface area contributed by atoms with Gasteiger partial charge in [0, 0.05) is 23.0 Å². The zero-order chi connectivity index (χ0) is 18.8. The molecule has 0 unspecified atom stereocenters. The summed E-state index contributed by atoms with van der Waals surface area (Å²) in [6, 6.07) is 9.64. The van der Waals surface area contributed by atoms with E-state index in [1.54, 1.807) is 6.20 Å². The Hall–Kier alpha value is -2.23. The van der Waals surface area contributed by atoms with Gasteiger partial charge < -0.3 is 5.32 Å². The minimum Gasteiger partial charge on any atom is -0.313 e. The molecule has 0 fully saturated rings. The maximum Gasteiger partial charge on any atom is 0.211 e. The normalized spacial score (nSPS) is 11.1. The standard InChI is InChI=1S/C17H15BrClN7S/c1-11-13(18)8-20-26(11)10-16-22-23-17(27-16)21-15-6-7-25(24-15)9-12-4-2-3-5-14(12)19/h2-8H,9-10H2,1H3,(H,21,23,24). The number of aromatic nitrogens is 6. The first-order valence-electron chi connectivity index (χ1n) is 8.12. The Morgan fingerprint density at radius 2 is 2.04 bits per heavy atom. The molecular weight excluding hydrogens is 450 g/mol. The summed E-state index contributed by atoms with van der Waals surface area (Å²) in [6.45, 7) is 3.19. The second-order valence-electron chi connectivity index (χ2n) is 5.85. The van der Waals surface area contributed by atoms with Gasteiger partial charge in [0.05, 0.1) is 23.8 Å². The maximum absolute atomic E-state index is 6.21. The Labute approximate surface area is 173 Å². The van der Waals surface area contributed by atoms with Gasteiger partial charge >= 0.3 is 0 Å². The van der Waals surface area contributed by atoms with Gasteiger partial charge in [-0.15, -0.1) is 10.2 Å². The van der Waals surface area contributed by atoms with E-state index >= 15 is 0 Å². The van der Waals surface area contributed by atoms with Gasteiger partial charge in [-0.3, -0.25) is 9.36 Å². The molecule has 1 aromatic carbocycles. The molecule has 138 valence electrons. The van der Waals surface area contributed by atoms with Gasteiger partial charge in [-0.2, -0.15) is 10.2 Å². The molecule has 0 aliphatic heterocycles. The number of hydrogen-bond acceptors (Lipinski definition) is 6. The minimum atomic E-state index is 0.581. The fourth-order valence-corrected chi connectivity index (χ4v) is 3.73. The van der Waals surface area contributed by atoms with E-state index in [2.05, 4.69) is 41.6 Å². The van der Waals surface area contributed by atoms with Crippen LogP contribution in [0.5, 0.6) is 0 Å². The summed E-state index contributed by atoms with van der Waals surface area (Å²) >= 11 is 11.1. The fourth-order valence-electron chi connectivity index (χ4n) is 2.51. The SMILES string of the molecule is Cc1c(Br)cnn1Cc1nnc(Nc2ccn(Cc3ccccc3Cl)n2)s1. The Morgan fingerprint density at radius 3 is 2.81 bits per heavy atom. The van der Waals surface area contributed by atoms with Gasteiger partial charge in [-0.05, 0) is 34.5 Å². The molecule has 7 nitrogen and oxygen atoms in total. The summed E-state index contributed by atoms with van der Waals surface area (Å²) in [5.41, 5.74) is 2.07. The van der Waals surface area contributed by atoms with Crippen LogP contribution < -0.4 is 5.32 Å². The van der Waals surface area contributed by atoms with Crippen molar-refractivity contribution in [2.24, 2.45) is 0 Å². The highest BCUT2D eigenvalue weighted by Gasteiger charge is 2.10. The van der Waals surface area contributed by atoms with E-state index in [0.29, 0.717) is 24.0 Å². The molecule has 4 aromatic rings. The molecule has 0 amide bonds. The third-order valence-corrected chi connectivity index (χ3v) is 5.93. The smallest absolute Gasteiger partial charge is 0.211 e. The van der Waals surface area contributed by atoms with Crippen LogP contribution in [-0.2, 0) is 13.1 Å². The number of rotatable bonds is 6. The van der Waals surface area contributed by atoms with Crippen LogP contribution in [0.15, 0.2) is 47.2 Å². The highest BCUT2D eigenvalue weighted by Crippen LogP contribution is 2.22. The van der Waals surface area contributed by atoms with Crippen LogP contribution in [0.25, 0.3) is 0 Å². The number of halogens is 2. The first-order valence-corrected chi connectivity index (χ1v) is 10.1. The van der Waals surface area contributed by atoms with E-state index in [1.165, 1.54) is 11.3 Å². The van der Waals surface area contributed by atoms with Crippen LogP contribution >= 0.6 is 38.9 Å². The number of nitrogens with zero attached hydrogens (tertiary/aromatic N) is 6. The van der Waals surface area contributed by atoms with E-state index in [0.717, 1.165) is 25.8 Å². The maximum atomic E-state index is 6.21. The van der Waals surface area contributed by atoms with E-state index in [4.69, 9.17) is 11.6 Å². The Bertz CT molecular complexity index is 1070. The first-order chi connectivity index (χ1) is 13.1. The lowest BCUT2D eigenvalue weighted by atomic mass is 10.2. The van der Waals surface area contributed by atoms with Crippen LogP contribution in [0.1, 0.15) is 16.3 Å². The van der Waals surface area contributed by atoms with Crippen LogP contribution in [0.2, 0.25) is 5.02 Å². The topological polar surface area (TPSA) is 73.5 Å². The summed E-state index contributed by atoms with van der Waals surface area (Å²) in [5.74, 6) is 0.711. The van der Waals surface area contributed by atoms with Gasteiger partial charge in [0.25, 0.3) is 0 Å². The van der Waals surface area contributed by atoms with E-state index in [-0.39, 0.29) is 0 Å². The molecule has 0 saturated carbocycles. The van der Waals surface area contributed by atoms with Crippen molar-refractivity contribution in [3.8, 4) is 0 Å². The Kier molecular flexibility index (Phi) is 5.24. The predicted molar refractivity (Wildman–Crippen MR) is 110 cm³/mol. The van der Waals surface area contributed by atoms with Crippen molar-refractivity contribution in [2.45, 2.75) is 20.0 Å². The van der Waals surface area contributed by atoms with Gasteiger partial charge in [-0.25, -0.2) is 0 Å². The number of hydrogen-bond donors (Lipinski definition) is 1. The summed E-state index contributed by atoms with van der Waals surface area (Å²) in [4.78, 5) is 0. The largest absolute Gasteiger partial charge is 0.313 e. The average molecular weight is 465 g/mol. The number of nitrogens with one attached hydrogen (secondary N) is 1. The second kappa shape index (κ2) is 7.79. The van der Waals surface area contributed by atoms with Gasteiger partial charge in [0.15, 0.2) is 5.82 Å². The van der Waals surface area contributed by atoms with Crippen molar-refractivity contribution >= 4 is 49.8 Å². The van der Waals surface area contributed by atoms with Gasteiger partial charge in [0.1, 0.15) is 5.01 Å². The molecular formula is C17H15BrClN7S. The molecule has 0 atom stereocenters. The van der Waals surface area contributed by atoms with E-state index in [1.807, 2.05) is 52.8 Å². The highest BCUT2D eigenvalue weighted by atomic mass is 79.9. The third kappa shape index (κ3) is 4.20. The molecule has 27 heavy (non-hydrogen) atoms. The van der Waals surface area contributed by atoms with Crippen molar-refractivity contribution < 1.29 is 0 Å². The van der Waals surface area contributed by atoms with Crippen molar-refractivity contribution in [1.82, 2.24) is 29.8 Å². The molecule has 3 heterocycles. The van der Waals surface area contributed by atoms with Crippen LogP contribution in [0, 0.1) is 6.92 Å². The minimum absolute atomic E-state index is 0.581. The molecule has 0 saturated heterocycles. The molecule has 1 N–H and O–H groups in total. The highest BCUT2D eigenvalue weighted by molar-refractivity contribution is 9.10. The zero-order valence-electron chi connectivity index (χ0n) is 14.3. The van der Waals surface area contributed by atoms with E-state index < -0.39 is 0 Å². The molecule has 3 aromatic heterocycles. The van der Waals surface area contributed by atoms with E-state index in [9.17, 15) is 0 Å². The third-order valence-electron chi connectivity index (χ3n) is 3.96. The Morgan fingerprint density at radius 1 is 1.19 bits per heavy atom. The van der Waals surface area contributed by atoms with Gasteiger partial charge in [0.2, 0.25) is 5.13 Å². The predicted octanol–water partition coefficient (Wildman–Crippen LogP) is 4.50. The lowest BCUT2D eigenvalue weighted by molar-refractivity contribution is 0.656. The molecule has 0 bridgehead atoms. The second-order valence-corrected chi connectivity index (χ2v) is 8.18. The lowest BCUT2D eigenvalue weighted by Gasteiger charge is -2.04. The molecule has 0 aliphatic carbocycles. The lowest BCUT2D eigenvalue weighted by Crippen LogP contribution is -2.03. The quantitative estimate of drug-likeness (QED) is 0.455. The number of anilines is 2. The summed E-state index contributed by atoms with van der Waals surface area (Å²) in [7, 11) is 0. The van der Waals surface area contributed by atoms with Crippen molar-refractivity contribution in [2.75, 3.05) is 5.32 Å². The molecule has 0 aliphatic rings.